The first kappa shape index (κ1) is 19.7. The fraction of sp³-hybridized carbons (Fsp3) is 0.176. The quantitative estimate of drug-likeness (QED) is 0.452. The first-order valence-electron chi connectivity index (χ1n) is 7.39. The number of halogens is 2. The van der Waals surface area contributed by atoms with Crippen molar-refractivity contribution in [3.8, 4) is 0 Å². The van der Waals surface area contributed by atoms with E-state index in [4.69, 9.17) is 23.2 Å². The van der Waals surface area contributed by atoms with Crippen LogP contribution in [0.1, 0.15) is 28.4 Å². The van der Waals surface area contributed by atoms with Crippen molar-refractivity contribution in [2.24, 2.45) is 0 Å². The molecule has 0 saturated heterocycles. The minimum absolute atomic E-state index is 0.0462. The van der Waals surface area contributed by atoms with Crippen molar-refractivity contribution in [3.05, 3.63) is 73.8 Å². The Morgan fingerprint density at radius 1 is 1.19 bits per heavy atom. The number of esters is 1. The van der Waals surface area contributed by atoms with Crippen LogP contribution in [0.2, 0.25) is 10.0 Å². The van der Waals surface area contributed by atoms with Crippen LogP contribution in [0.4, 0.5) is 5.69 Å². The highest BCUT2D eigenvalue weighted by atomic mass is 35.5. The summed E-state index contributed by atoms with van der Waals surface area (Å²) in [6, 6.07) is 9.60. The predicted octanol–water partition coefficient (Wildman–Crippen LogP) is 3.94. The van der Waals surface area contributed by atoms with Crippen molar-refractivity contribution in [3.63, 3.8) is 0 Å². The van der Waals surface area contributed by atoms with E-state index < -0.39 is 22.8 Å². The molecule has 1 N–H and O–H groups in total. The Balaban J connectivity index is 2.28. The zero-order chi connectivity index (χ0) is 19.3. The third-order valence-corrected chi connectivity index (χ3v) is 4.15. The van der Waals surface area contributed by atoms with E-state index in [9.17, 15) is 19.7 Å². The van der Waals surface area contributed by atoms with Gasteiger partial charge in [-0.2, -0.15) is 0 Å². The summed E-state index contributed by atoms with van der Waals surface area (Å²) in [4.78, 5) is 34.5. The number of hydrogen-bond acceptors (Lipinski definition) is 5. The summed E-state index contributed by atoms with van der Waals surface area (Å²) in [6.45, 7) is 0. The van der Waals surface area contributed by atoms with Gasteiger partial charge in [0.2, 0.25) is 0 Å². The average Bonchev–Trinajstić information content (AvgIpc) is 2.61. The van der Waals surface area contributed by atoms with Crippen LogP contribution in [0, 0.1) is 10.1 Å². The minimum atomic E-state index is -0.693. The van der Waals surface area contributed by atoms with Crippen LogP contribution < -0.4 is 5.32 Å². The maximum atomic E-state index is 12.5. The van der Waals surface area contributed by atoms with Crippen LogP contribution in [0.15, 0.2) is 42.5 Å². The molecule has 1 unspecified atom stereocenters. The van der Waals surface area contributed by atoms with Crippen LogP contribution in [-0.2, 0) is 9.53 Å². The summed E-state index contributed by atoms with van der Waals surface area (Å²) in [5.41, 5.74) is 0.303. The van der Waals surface area contributed by atoms with Crippen molar-refractivity contribution in [2.75, 3.05) is 7.11 Å². The zero-order valence-corrected chi connectivity index (χ0v) is 15.1. The number of carbonyl (C=O) groups excluding carboxylic acids is 2. The van der Waals surface area contributed by atoms with Gasteiger partial charge in [-0.3, -0.25) is 19.7 Å². The van der Waals surface area contributed by atoms with Crippen LogP contribution in [0.25, 0.3) is 0 Å². The Kier molecular flexibility index (Phi) is 6.54. The molecule has 7 nitrogen and oxygen atoms in total. The lowest BCUT2D eigenvalue weighted by molar-refractivity contribution is -0.384. The Morgan fingerprint density at radius 2 is 1.85 bits per heavy atom. The molecule has 0 aliphatic carbocycles. The van der Waals surface area contributed by atoms with Crippen LogP contribution in [-0.4, -0.2) is 23.9 Å². The molecule has 9 heteroatoms. The van der Waals surface area contributed by atoms with Gasteiger partial charge >= 0.3 is 5.97 Å². The van der Waals surface area contributed by atoms with Gasteiger partial charge in [0.1, 0.15) is 5.02 Å². The third-order valence-electron chi connectivity index (χ3n) is 3.58. The van der Waals surface area contributed by atoms with Gasteiger partial charge in [-0.05, 0) is 29.8 Å². The highest BCUT2D eigenvalue weighted by molar-refractivity contribution is 6.32. The number of ether oxygens (including phenoxy) is 1. The number of hydrogen-bond donors (Lipinski definition) is 1. The smallest absolute Gasteiger partial charge is 0.307 e. The molecule has 0 bridgehead atoms. The number of rotatable bonds is 6. The molecule has 1 atom stereocenters. The summed E-state index contributed by atoms with van der Waals surface area (Å²) < 4.78 is 4.66. The fourth-order valence-corrected chi connectivity index (χ4v) is 2.55. The summed E-state index contributed by atoms with van der Waals surface area (Å²) in [6.07, 6.45) is -0.112. The van der Waals surface area contributed by atoms with Gasteiger partial charge in [0.05, 0.1) is 24.5 Å². The zero-order valence-electron chi connectivity index (χ0n) is 13.6. The van der Waals surface area contributed by atoms with E-state index in [0.29, 0.717) is 10.6 Å². The number of amides is 1. The lowest BCUT2D eigenvalue weighted by Crippen LogP contribution is -2.30. The van der Waals surface area contributed by atoms with Gasteiger partial charge in [-0.25, -0.2) is 0 Å². The largest absolute Gasteiger partial charge is 0.469 e. The maximum Gasteiger partial charge on any atom is 0.307 e. The number of carbonyl (C=O) groups is 2. The van der Waals surface area contributed by atoms with Crippen molar-refractivity contribution in [2.45, 2.75) is 12.5 Å². The molecular formula is C17H14Cl2N2O5. The van der Waals surface area contributed by atoms with Crippen molar-refractivity contribution in [1.82, 2.24) is 5.32 Å². The normalized spacial score (nSPS) is 11.5. The molecule has 0 spiro atoms. The highest BCUT2D eigenvalue weighted by Crippen LogP contribution is 2.26. The van der Waals surface area contributed by atoms with Gasteiger partial charge < -0.3 is 10.1 Å². The van der Waals surface area contributed by atoms with Crippen LogP contribution in [0.5, 0.6) is 0 Å². The summed E-state index contributed by atoms with van der Waals surface area (Å²) in [5, 5.41) is 14.1. The molecule has 0 heterocycles. The van der Waals surface area contributed by atoms with E-state index in [2.05, 4.69) is 10.1 Å². The maximum absolute atomic E-state index is 12.5. The Hall–Kier alpha value is -2.64. The topological polar surface area (TPSA) is 98.5 Å². The minimum Gasteiger partial charge on any atom is -0.469 e. The fourth-order valence-electron chi connectivity index (χ4n) is 2.23. The van der Waals surface area contributed by atoms with Gasteiger partial charge in [0, 0.05) is 16.7 Å². The highest BCUT2D eigenvalue weighted by Gasteiger charge is 2.22. The second kappa shape index (κ2) is 8.64. The molecule has 0 radical (unpaired) electrons. The first-order chi connectivity index (χ1) is 12.3. The van der Waals surface area contributed by atoms with E-state index in [1.807, 2.05) is 0 Å². The molecule has 26 heavy (non-hydrogen) atoms. The number of nitrogens with one attached hydrogen (secondary N) is 1. The second-order valence-electron chi connectivity index (χ2n) is 5.28. The SMILES string of the molecule is COC(=O)CC(NC(=O)c1ccc(Cl)c([N+](=O)[O-])c1)c1ccc(Cl)cc1. The summed E-state index contributed by atoms with van der Waals surface area (Å²) in [5.74, 6) is -1.11. The van der Waals surface area contributed by atoms with Crippen LogP contribution >= 0.6 is 23.2 Å². The number of nitro benzene ring substituents is 1. The van der Waals surface area contributed by atoms with E-state index in [1.54, 1.807) is 24.3 Å². The lowest BCUT2D eigenvalue weighted by atomic mass is 10.0. The average molecular weight is 397 g/mol. The van der Waals surface area contributed by atoms with Crippen molar-refractivity contribution in [1.29, 1.82) is 0 Å². The Bertz CT molecular complexity index is 840. The number of nitro groups is 1. The number of nitrogens with zero attached hydrogens (tertiary/aromatic N) is 1. The Morgan fingerprint density at radius 3 is 2.42 bits per heavy atom. The van der Waals surface area contributed by atoms with Crippen molar-refractivity contribution >= 4 is 40.8 Å². The van der Waals surface area contributed by atoms with Gasteiger partial charge in [0.25, 0.3) is 11.6 Å². The van der Waals surface area contributed by atoms with Gasteiger partial charge in [0.15, 0.2) is 0 Å². The summed E-state index contributed by atoms with van der Waals surface area (Å²) >= 11 is 11.6. The van der Waals surface area contributed by atoms with E-state index in [1.165, 1.54) is 19.2 Å². The third kappa shape index (κ3) is 4.93. The number of methoxy groups -OCH3 is 1. The molecule has 0 aliphatic heterocycles. The molecule has 2 aromatic rings. The van der Waals surface area contributed by atoms with E-state index in [0.717, 1.165) is 6.07 Å². The molecule has 0 aromatic heterocycles. The summed E-state index contributed by atoms with van der Waals surface area (Å²) in [7, 11) is 1.24. The Labute approximate surface area is 159 Å². The van der Waals surface area contributed by atoms with Gasteiger partial charge in [-0.1, -0.05) is 35.3 Å². The number of benzene rings is 2. The molecule has 1 amide bonds. The predicted molar refractivity (Wildman–Crippen MR) is 96.4 cm³/mol. The van der Waals surface area contributed by atoms with Crippen LogP contribution in [0.3, 0.4) is 0 Å². The van der Waals surface area contributed by atoms with Gasteiger partial charge in [-0.15, -0.1) is 0 Å². The molecule has 2 aromatic carbocycles. The lowest BCUT2D eigenvalue weighted by Gasteiger charge is -2.18. The monoisotopic (exact) mass is 396 g/mol. The first-order valence-corrected chi connectivity index (χ1v) is 8.14. The van der Waals surface area contributed by atoms with E-state index in [-0.39, 0.29) is 22.7 Å². The van der Waals surface area contributed by atoms with E-state index >= 15 is 0 Å². The molecule has 0 aliphatic rings. The molecule has 136 valence electrons. The van der Waals surface area contributed by atoms with Crippen molar-refractivity contribution < 1.29 is 19.2 Å². The molecule has 2 rings (SSSR count). The standard InChI is InChI=1S/C17H14Cl2N2O5/c1-26-16(22)9-14(10-2-5-12(18)6-3-10)20-17(23)11-4-7-13(19)15(8-11)21(24)25/h2-8,14H,9H2,1H3,(H,20,23). The molecular weight excluding hydrogens is 383 g/mol. The molecule has 0 saturated carbocycles. The second-order valence-corrected chi connectivity index (χ2v) is 6.12. The molecule has 0 fully saturated rings.